The Bertz CT molecular complexity index is 1100. The van der Waals surface area contributed by atoms with Crippen molar-refractivity contribution in [2.24, 2.45) is 44.8 Å². The van der Waals surface area contributed by atoms with Gasteiger partial charge >= 0.3 is 11.9 Å². The van der Waals surface area contributed by atoms with Crippen molar-refractivity contribution in [2.75, 3.05) is 11.5 Å². The quantitative estimate of drug-likeness (QED) is 0.0979. The highest BCUT2D eigenvalue weighted by molar-refractivity contribution is 8.76. The van der Waals surface area contributed by atoms with Crippen LogP contribution in [-0.4, -0.2) is 40.8 Å². The van der Waals surface area contributed by atoms with Crippen molar-refractivity contribution >= 4 is 33.5 Å². The molecule has 44 heavy (non-hydrogen) atoms. The van der Waals surface area contributed by atoms with Gasteiger partial charge < -0.3 is 9.84 Å². The molecule has 252 valence electrons. The minimum absolute atomic E-state index is 0.107. The lowest BCUT2D eigenvalue weighted by atomic mass is 9.43. The smallest absolute Gasteiger partial charge is 0.307 e. The summed E-state index contributed by atoms with van der Waals surface area (Å²) in [5.41, 5.74) is 3.47. The van der Waals surface area contributed by atoms with E-state index in [1.807, 2.05) is 0 Å². The van der Waals surface area contributed by atoms with Gasteiger partial charge in [0.1, 0.15) is 12.3 Å². The number of allylic oxidation sites excluding steroid dienone is 2. The molecule has 0 heterocycles. The molecule has 8 atom stereocenters. The third-order valence-corrected chi connectivity index (χ3v) is 15.5. The van der Waals surface area contributed by atoms with Crippen molar-refractivity contribution in [1.29, 1.82) is 0 Å². The molecule has 0 bridgehead atoms. The van der Waals surface area contributed by atoms with E-state index in [1.54, 1.807) is 11.1 Å². The van der Waals surface area contributed by atoms with Crippen molar-refractivity contribution in [3.63, 3.8) is 0 Å². The van der Waals surface area contributed by atoms with E-state index in [1.165, 1.54) is 60.1 Å². The second-order valence-electron chi connectivity index (χ2n) is 17.3. The predicted molar refractivity (Wildman–Crippen MR) is 183 cm³/mol. The number of aliphatic carboxylic acids is 1. The van der Waals surface area contributed by atoms with Crippen molar-refractivity contribution < 1.29 is 23.8 Å². The van der Waals surface area contributed by atoms with Gasteiger partial charge in [-0.25, -0.2) is 4.39 Å². The first kappa shape index (κ1) is 36.2. The predicted octanol–water partition coefficient (Wildman–Crippen LogP) is 10.7. The molecule has 4 rings (SSSR count). The number of carbonyl (C=O) groups excluding carboxylic acids is 1. The molecule has 2 unspecified atom stereocenters. The third-order valence-electron chi connectivity index (χ3n) is 13.1. The lowest BCUT2D eigenvalue weighted by Crippen LogP contribution is -2.59. The molecule has 7 heteroatoms. The Kier molecular flexibility index (Phi) is 11.0. The van der Waals surface area contributed by atoms with Crippen molar-refractivity contribution in [2.45, 2.75) is 152 Å². The Balaban J connectivity index is 1.46. The minimum atomic E-state index is -1.18. The third kappa shape index (κ3) is 6.95. The number of fused-ring (bicyclic) bond motifs is 4. The molecule has 4 aliphatic carbocycles. The van der Waals surface area contributed by atoms with Gasteiger partial charge in [-0.2, -0.15) is 0 Å². The molecule has 4 aliphatic rings. The van der Waals surface area contributed by atoms with Crippen LogP contribution in [0.2, 0.25) is 0 Å². The fourth-order valence-corrected chi connectivity index (χ4v) is 12.6. The minimum Gasteiger partial charge on any atom is -0.481 e. The van der Waals surface area contributed by atoms with Crippen LogP contribution in [0.25, 0.3) is 0 Å². The number of halogens is 1. The van der Waals surface area contributed by atoms with Crippen LogP contribution in [0.15, 0.2) is 11.1 Å². The van der Waals surface area contributed by atoms with E-state index in [2.05, 4.69) is 62.3 Å². The fraction of sp³-hybridized carbons (Fsp3) is 0.892. The Labute approximate surface area is 275 Å². The van der Waals surface area contributed by atoms with Crippen LogP contribution in [-0.2, 0) is 14.3 Å². The molecule has 0 radical (unpaired) electrons. The zero-order valence-corrected chi connectivity index (χ0v) is 30.8. The highest BCUT2D eigenvalue weighted by Gasteiger charge is 2.65. The number of carboxylic acids is 1. The highest BCUT2D eigenvalue weighted by atomic mass is 33.1. The number of esters is 1. The zero-order valence-electron chi connectivity index (χ0n) is 29.2. The summed E-state index contributed by atoms with van der Waals surface area (Å²) in [6.07, 6.45) is 9.77. The van der Waals surface area contributed by atoms with Gasteiger partial charge in [0, 0.05) is 16.9 Å². The number of hydrogen-bond acceptors (Lipinski definition) is 5. The maximum Gasteiger partial charge on any atom is 0.307 e. The zero-order chi connectivity index (χ0) is 32.7. The van der Waals surface area contributed by atoms with Gasteiger partial charge in [0.15, 0.2) is 0 Å². The van der Waals surface area contributed by atoms with Crippen molar-refractivity contribution in [3.8, 4) is 0 Å². The normalized spacial score (nSPS) is 37.1. The maximum absolute atomic E-state index is 16.3. The van der Waals surface area contributed by atoms with Crippen LogP contribution in [0.4, 0.5) is 4.39 Å². The van der Waals surface area contributed by atoms with Gasteiger partial charge in [-0.05, 0) is 90.8 Å². The van der Waals surface area contributed by atoms with Gasteiger partial charge in [-0.1, -0.05) is 108 Å². The number of carbonyl (C=O) groups is 2. The average Bonchev–Trinajstić information content (AvgIpc) is 3.18. The number of rotatable bonds is 12. The first-order valence-electron chi connectivity index (χ1n) is 17.4. The summed E-state index contributed by atoms with van der Waals surface area (Å²) in [4.78, 5) is 23.5. The molecule has 0 amide bonds. The first-order chi connectivity index (χ1) is 20.4. The van der Waals surface area contributed by atoms with Gasteiger partial charge in [0.25, 0.3) is 0 Å². The molecule has 0 aliphatic heterocycles. The Hall–Kier alpha value is -0.690. The van der Waals surface area contributed by atoms with Crippen LogP contribution in [0.3, 0.4) is 0 Å². The molecule has 0 spiro atoms. The van der Waals surface area contributed by atoms with Crippen LogP contribution >= 0.6 is 21.6 Å². The van der Waals surface area contributed by atoms with Crippen LogP contribution < -0.4 is 0 Å². The van der Waals surface area contributed by atoms with E-state index in [4.69, 9.17) is 9.84 Å². The van der Waals surface area contributed by atoms with Gasteiger partial charge in [0.2, 0.25) is 0 Å². The lowest BCUT2D eigenvalue weighted by molar-refractivity contribution is -0.183. The molecule has 0 aromatic rings. The maximum atomic E-state index is 16.3. The highest BCUT2D eigenvalue weighted by Crippen LogP contribution is 2.72. The number of alkyl halides is 1. The molecule has 2 saturated carbocycles. The summed E-state index contributed by atoms with van der Waals surface area (Å²) < 4.78 is 22.2. The standard InChI is InChI=1S/C37H61FO4S2/c1-24(11-10-18-33(2,3)4)25-14-19-37(9)27-12-13-29-34(5,6)32(42-31(41)17-22-44-43-21-16-30(39)40)28(38)23-35(29,7)26(27)15-20-36(25,37)8/h24-25,28-29,32H,10-23H2,1-9H3,(H,39,40)/t24-,25-,28?,29+,32?,35-,36-,37+/m1/s1. The summed E-state index contributed by atoms with van der Waals surface area (Å²) in [5.74, 6) is 1.65. The topological polar surface area (TPSA) is 63.6 Å². The number of carboxylic acid groups (broad SMARTS) is 1. The molecule has 1 N–H and O–H groups in total. The first-order valence-corrected chi connectivity index (χ1v) is 19.9. The van der Waals surface area contributed by atoms with E-state index in [0.29, 0.717) is 28.8 Å². The number of ether oxygens (including phenoxy) is 1. The monoisotopic (exact) mass is 652 g/mol. The second kappa shape index (κ2) is 13.4. The molecule has 0 aromatic carbocycles. The summed E-state index contributed by atoms with van der Waals surface area (Å²) in [5, 5.41) is 8.78. The summed E-state index contributed by atoms with van der Waals surface area (Å²) >= 11 is 0. The van der Waals surface area contributed by atoms with Crippen LogP contribution in [0.5, 0.6) is 0 Å². The average molecular weight is 653 g/mol. The number of hydrogen-bond donors (Lipinski definition) is 1. The van der Waals surface area contributed by atoms with Gasteiger partial charge in [-0.3, -0.25) is 9.59 Å². The van der Waals surface area contributed by atoms with E-state index in [9.17, 15) is 9.59 Å². The largest absolute Gasteiger partial charge is 0.481 e. The summed E-state index contributed by atoms with van der Waals surface area (Å²) in [7, 11) is 2.94. The Morgan fingerprint density at radius 1 is 1.00 bits per heavy atom. The van der Waals surface area contributed by atoms with E-state index < -0.39 is 23.7 Å². The Morgan fingerprint density at radius 2 is 1.66 bits per heavy atom. The van der Waals surface area contributed by atoms with Gasteiger partial charge in [0.05, 0.1) is 12.8 Å². The molecule has 0 saturated heterocycles. The van der Waals surface area contributed by atoms with E-state index >= 15 is 4.39 Å². The van der Waals surface area contributed by atoms with Crippen molar-refractivity contribution in [1.82, 2.24) is 0 Å². The second-order valence-corrected chi connectivity index (χ2v) is 20.0. The van der Waals surface area contributed by atoms with E-state index in [0.717, 1.165) is 31.1 Å². The molecular weight excluding hydrogens is 592 g/mol. The molecule has 4 nitrogen and oxygen atoms in total. The fourth-order valence-electron chi connectivity index (χ4n) is 10.7. The molecular formula is C37H61FO4S2. The summed E-state index contributed by atoms with van der Waals surface area (Å²) in [6, 6.07) is 0. The van der Waals surface area contributed by atoms with Crippen LogP contribution in [0, 0.1) is 44.8 Å². The van der Waals surface area contributed by atoms with Crippen molar-refractivity contribution in [3.05, 3.63) is 11.1 Å². The molecule has 0 aromatic heterocycles. The summed E-state index contributed by atoms with van der Waals surface area (Å²) in [6.45, 7) is 21.4. The molecule has 2 fully saturated rings. The van der Waals surface area contributed by atoms with Gasteiger partial charge in [-0.15, -0.1) is 0 Å². The van der Waals surface area contributed by atoms with E-state index in [-0.39, 0.29) is 35.6 Å². The lowest BCUT2D eigenvalue weighted by Gasteiger charge is -2.62. The SMILES string of the molecule is C[C@H](CCCC(C)(C)C)[C@H]1CC[C@@]2(C)C3=C(CC[C@]12C)[C@@]1(C)CC(F)C(OC(=O)CCSSCCC(=O)O)C(C)(C)[C@@H]1CC3. The Morgan fingerprint density at radius 3 is 2.30 bits per heavy atom. The van der Waals surface area contributed by atoms with Crippen LogP contribution in [0.1, 0.15) is 139 Å².